The summed E-state index contributed by atoms with van der Waals surface area (Å²) >= 11 is 1.05. The number of thioether (sulfide) groups is 1. The Hall–Kier alpha value is 1.12. The molecular weight excluding hydrogens is 161 g/mol. The predicted octanol–water partition coefficient (Wildman–Crippen LogP) is 0.414. The molecule has 27 valence electrons. The summed E-state index contributed by atoms with van der Waals surface area (Å²) in [5.74, 6) is 0. The molecule has 0 aromatic carbocycles. The van der Waals surface area contributed by atoms with Crippen molar-refractivity contribution in [3.63, 3.8) is 0 Å². The largest absolute Gasteiger partial charge is 0.530 e. The standard InChI is InChI=1S/C2H3OS.Y/c1-4-2-3;/h1H3;/q-1;. The van der Waals surface area contributed by atoms with Crippen LogP contribution in [0.3, 0.4) is 0 Å². The second kappa shape index (κ2) is 8.93. The zero-order valence-electron chi connectivity index (χ0n) is 2.89. The molecule has 0 atom stereocenters. The van der Waals surface area contributed by atoms with E-state index in [4.69, 9.17) is 4.79 Å². The third-order valence-electron chi connectivity index (χ3n) is 0.0833. The van der Waals surface area contributed by atoms with Gasteiger partial charge in [-0.05, 0) is 6.26 Å². The Kier molecular flexibility index (Phi) is 16.9. The quantitative estimate of drug-likeness (QED) is 0.522. The van der Waals surface area contributed by atoms with Crippen molar-refractivity contribution in [3.8, 4) is 0 Å². The van der Waals surface area contributed by atoms with Crippen LogP contribution in [0.25, 0.3) is 0 Å². The fourth-order valence-electron chi connectivity index (χ4n) is 0. The summed E-state index contributed by atoms with van der Waals surface area (Å²) in [6, 6.07) is 0. The maximum absolute atomic E-state index is 9.01. The molecule has 1 nitrogen and oxygen atoms in total. The van der Waals surface area contributed by atoms with Gasteiger partial charge in [0, 0.05) is 32.7 Å². The second-order valence-corrected chi connectivity index (χ2v) is 0.862. The van der Waals surface area contributed by atoms with Gasteiger partial charge in [0.2, 0.25) is 0 Å². The molecule has 0 unspecified atom stereocenters. The van der Waals surface area contributed by atoms with Crippen LogP contribution in [0.5, 0.6) is 0 Å². The molecule has 1 radical (unpaired) electrons. The molecule has 0 spiro atoms. The zero-order chi connectivity index (χ0) is 3.41. The Morgan fingerprint density at radius 3 is 2.00 bits per heavy atom. The Bertz CT molecular complexity index is 23.6. The van der Waals surface area contributed by atoms with Crippen LogP contribution in [0.4, 0.5) is 0 Å². The molecule has 0 fully saturated rings. The van der Waals surface area contributed by atoms with Crippen LogP contribution in [0, 0.1) is 0 Å². The average Bonchev–Trinajstić information content (AvgIpc) is 1.37. The number of hydrogen-bond acceptors (Lipinski definition) is 2. The Morgan fingerprint density at radius 2 is 2.00 bits per heavy atom. The summed E-state index contributed by atoms with van der Waals surface area (Å²) in [4.78, 5) is 9.01. The van der Waals surface area contributed by atoms with E-state index < -0.39 is 0 Å². The third-order valence-corrected chi connectivity index (χ3v) is 0.250. The van der Waals surface area contributed by atoms with Crippen molar-refractivity contribution >= 4 is 17.4 Å². The van der Waals surface area contributed by atoms with Crippen molar-refractivity contribution < 1.29 is 37.5 Å². The van der Waals surface area contributed by atoms with E-state index in [1.165, 1.54) is 0 Å². The van der Waals surface area contributed by atoms with Crippen LogP contribution in [0.2, 0.25) is 0 Å². The van der Waals surface area contributed by atoms with Gasteiger partial charge in [-0.3, -0.25) is 0 Å². The summed E-state index contributed by atoms with van der Waals surface area (Å²) in [7, 11) is 0. The molecule has 3 heteroatoms. The summed E-state index contributed by atoms with van der Waals surface area (Å²) in [5, 5.41) is 0. The van der Waals surface area contributed by atoms with Gasteiger partial charge in [-0.15, -0.1) is 0 Å². The van der Waals surface area contributed by atoms with Gasteiger partial charge < -0.3 is 16.6 Å². The first-order valence-corrected chi connectivity index (χ1v) is 2.04. The molecule has 0 N–H and O–H groups in total. The molecule has 0 aromatic rings. The van der Waals surface area contributed by atoms with Gasteiger partial charge in [0.1, 0.15) is 0 Å². The number of rotatable bonds is 1. The van der Waals surface area contributed by atoms with E-state index in [0.717, 1.165) is 11.8 Å². The van der Waals surface area contributed by atoms with E-state index in [9.17, 15) is 0 Å². The van der Waals surface area contributed by atoms with Gasteiger partial charge in [-0.1, -0.05) is 0 Å². The van der Waals surface area contributed by atoms with E-state index in [0.29, 0.717) is 0 Å². The van der Waals surface area contributed by atoms with Crippen molar-refractivity contribution in [2.75, 3.05) is 6.26 Å². The van der Waals surface area contributed by atoms with Gasteiger partial charge >= 0.3 is 0 Å². The molecule has 0 saturated carbocycles. The molecular formula is C2H3OSY-. The zero-order valence-corrected chi connectivity index (χ0v) is 6.55. The van der Waals surface area contributed by atoms with Gasteiger partial charge in [-0.2, -0.15) is 0 Å². The number of carbonyl (C=O) groups excluding carboxylic acids is 1. The third kappa shape index (κ3) is 11.1. The van der Waals surface area contributed by atoms with Crippen LogP contribution in [-0.2, 0) is 37.5 Å². The Labute approximate surface area is 60.8 Å². The van der Waals surface area contributed by atoms with Crippen LogP contribution < -0.4 is 0 Å². The van der Waals surface area contributed by atoms with E-state index in [1.807, 2.05) is 0 Å². The number of hydrogen-bond donors (Lipinski definition) is 0. The van der Waals surface area contributed by atoms with E-state index in [2.05, 4.69) is 0 Å². The maximum atomic E-state index is 9.01. The predicted molar refractivity (Wildman–Crippen MR) is 19.2 cm³/mol. The average molecular weight is 164 g/mol. The fourth-order valence-corrected chi connectivity index (χ4v) is 0. The molecule has 0 amide bonds. The summed E-state index contributed by atoms with van der Waals surface area (Å²) in [6.45, 7) is 0. The van der Waals surface area contributed by atoms with E-state index in [-0.39, 0.29) is 32.7 Å². The van der Waals surface area contributed by atoms with Crippen molar-refractivity contribution in [1.82, 2.24) is 0 Å². The van der Waals surface area contributed by atoms with Crippen LogP contribution in [0.15, 0.2) is 0 Å². The van der Waals surface area contributed by atoms with Crippen LogP contribution in [-0.4, -0.2) is 11.9 Å². The normalized spacial score (nSPS) is 5.00. The van der Waals surface area contributed by atoms with E-state index >= 15 is 0 Å². The van der Waals surface area contributed by atoms with Crippen molar-refractivity contribution in [1.29, 1.82) is 0 Å². The first-order valence-electron chi connectivity index (χ1n) is 0.816. The topological polar surface area (TPSA) is 17.1 Å². The monoisotopic (exact) mass is 164 g/mol. The molecule has 0 saturated heterocycles. The Morgan fingerprint density at radius 1 is 1.80 bits per heavy atom. The minimum absolute atomic E-state index is 0. The fraction of sp³-hybridized carbons (Fsp3) is 0.500. The minimum atomic E-state index is 0. The van der Waals surface area contributed by atoms with Crippen molar-refractivity contribution in [2.45, 2.75) is 0 Å². The van der Waals surface area contributed by atoms with Crippen LogP contribution in [0.1, 0.15) is 0 Å². The molecule has 0 bridgehead atoms. The molecule has 0 aromatic heterocycles. The summed E-state index contributed by atoms with van der Waals surface area (Å²) < 4.78 is 0. The summed E-state index contributed by atoms with van der Waals surface area (Å²) in [5.41, 5.74) is 1.60. The Balaban J connectivity index is 0. The van der Waals surface area contributed by atoms with Gasteiger partial charge in [0.15, 0.2) is 0 Å². The second-order valence-electron chi connectivity index (χ2n) is 0.287. The van der Waals surface area contributed by atoms with Gasteiger partial charge in [0.25, 0.3) is 0 Å². The SMILES string of the molecule is CS[C-]=O.[Y]. The minimum Gasteiger partial charge on any atom is -0.530 e. The maximum Gasteiger partial charge on any atom is 0 e. The molecule has 0 aliphatic heterocycles. The first kappa shape index (κ1) is 9.45. The first-order chi connectivity index (χ1) is 1.91. The molecule has 0 aliphatic carbocycles. The van der Waals surface area contributed by atoms with Crippen molar-refractivity contribution in [2.24, 2.45) is 0 Å². The smallest absolute Gasteiger partial charge is 0 e. The van der Waals surface area contributed by atoms with Gasteiger partial charge in [0.05, 0.1) is 0 Å². The molecule has 5 heavy (non-hydrogen) atoms. The van der Waals surface area contributed by atoms with Gasteiger partial charge in [-0.25, -0.2) is 5.62 Å². The van der Waals surface area contributed by atoms with E-state index in [1.54, 1.807) is 11.9 Å². The van der Waals surface area contributed by atoms with Crippen LogP contribution >= 0.6 is 11.8 Å². The molecule has 0 rings (SSSR count). The molecule has 0 heterocycles. The molecule has 0 aliphatic rings. The van der Waals surface area contributed by atoms with Crippen molar-refractivity contribution in [3.05, 3.63) is 0 Å². The summed E-state index contributed by atoms with van der Waals surface area (Å²) in [6.07, 6.45) is 1.67.